The molecule has 3 N–H and O–H groups in total. The zero-order valence-corrected chi connectivity index (χ0v) is 15.8. The monoisotopic (exact) mass is 378 g/mol. The van der Waals surface area contributed by atoms with Crippen LogP contribution < -0.4 is 10.6 Å². The van der Waals surface area contributed by atoms with Crippen LogP contribution in [0.2, 0.25) is 0 Å². The van der Waals surface area contributed by atoms with Crippen LogP contribution in [0.3, 0.4) is 0 Å². The van der Waals surface area contributed by atoms with Gasteiger partial charge in [0.1, 0.15) is 5.60 Å². The Morgan fingerprint density at radius 2 is 1.78 bits per heavy atom. The molecule has 1 heterocycles. The Labute approximate surface area is 163 Å². The minimum Gasteiger partial charge on any atom is -0.382 e. The first-order valence-corrected chi connectivity index (χ1v) is 10.2. The van der Waals surface area contributed by atoms with E-state index in [9.17, 15) is 9.90 Å². The van der Waals surface area contributed by atoms with Crippen molar-refractivity contribution in [3.05, 3.63) is 83.4 Å². The van der Waals surface area contributed by atoms with Crippen LogP contribution in [-0.2, 0) is 17.9 Å². The molecular weight excluding hydrogens is 356 g/mol. The molecule has 3 aromatic rings. The summed E-state index contributed by atoms with van der Waals surface area (Å²) < 4.78 is 0. The fourth-order valence-electron chi connectivity index (χ4n) is 3.57. The molecule has 0 bridgehead atoms. The van der Waals surface area contributed by atoms with Gasteiger partial charge in [-0.2, -0.15) is 11.8 Å². The van der Waals surface area contributed by atoms with Gasteiger partial charge in [0.25, 0.3) is 0 Å². The first kappa shape index (κ1) is 17.9. The van der Waals surface area contributed by atoms with E-state index in [-0.39, 0.29) is 12.6 Å². The fraction of sp³-hybridized carbons (Fsp3) is 0.227. The molecule has 0 saturated carbocycles. The molecule has 1 atom stereocenters. The molecule has 0 aromatic heterocycles. The van der Waals surface area contributed by atoms with Crippen molar-refractivity contribution in [2.45, 2.75) is 17.9 Å². The average Bonchev–Trinajstić information content (AvgIpc) is 2.71. The van der Waals surface area contributed by atoms with Crippen molar-refractivity contribution in [2.75, 3.05) is 12.3 Å². The van der Waals surface area contributed by atoms with Gasteiger partial charge >= 0.3 is 6.03 Å². The largest absolute Gasteiger partial charge is 0.382 e. The van der Waals surface area contributed by atoms with E-state index < -0.39 is 5.60 Å². The number of fused-ring (bicyclic) bond motifs is 2. The fourth-order valence-corrected chi connectivity index (χ4v) is 4.73. The van der Waals surface area contributed by atoms with Gasteiger partial charge in [0.15, 0.2) is 0 Å². The molecule has 27 heavy (non-hydrogen) atoms. The minimum absolute atomic E-state index is 0.193. The van der Waals surface area contributed by atoms with Crippen LogP contribution in [0.4, 0.5) is 4.79 Å². The van der Waals surface area contributed by atoms with E-state index in [0.29, 0.717) is 12.3 Å². The number of carbonyl (C=O) groups is 1. The van der Waals surface area contributed by atoms with Crippen molar-refractivity contribution in [1.82, 2.24) is 10.6 Å². The number of thioether (sulfide) groups is 1. The molecule has 1 unspecified atom stereocenters. The van der Waals surface area contributed by atoms with Crippen LogP contribution in [0.25, 0.3) is 10.8 Å². The van der Waals surface area contributed by atoms with Crippen LogP contribution in [0, 0.1) is 0 Å². The van der Waals surface area contributed by atoms with Crippen molar-refractivity contribution < 1.29 is 9.90 Å². The van der Waals surface area contributed by atoms with E-state index in [1.165, 1.54) is 0 Å². The standard InChI is InChI=1S/C22H22N2O2S/c25-21(23-12-17-9-5-8-16-6-1-3-10-19(16)17)24-14-22(26)15-27-13-18-7-2-4-11-20(18)22/h1-11,26H,12-15H2,(H2,23,24,25). The molecule has 2 amide bonds. The Balaban J connectivity index is 1.39. The van der Waals surface area contributed by atoms with Gasteiger partial charge in [0, 0.05) is 18.1 Å². The number of benzene rings is 3. The van der Waals surface area contributed by atoms with Crippen molar-refractivity contribution in [3.8, 4) is 0 Å². The second kappa shape index (κ2) is 7.62. The second-order valence-corrected chi connectivity index (χ2v) is 7.84. The van der Waals surface area contributed by atoms with Gasteiger partial charge in [-0.15, -0.1) is 0 Å². The lowest BCUT2D eigenvalue weighted by Crippen LogP contribution is -2.47. The summed E-state index contributed by atoms with van der Waals surface area (Å²) in [6.45, 7) is 0.634. The SMILES string of the molecule is O=C(NCc1cccc2ccccc12)NCC1(O)CSCc2ccccc21. The number of nitrogens with one attached hydrogen (secondary N) is 2. The summed E-state index contributed by atoms with van der Waals surface area (Å²) in [5, 5.41) is 19.1. The van der Waals surface area contributed by atoms with Gasteiger partial charge in [-0.05, 0) is 27.5 Å². The third-order valence-electron chi connectivity index (χ3n) is 4.98. The number of urea groups is 1. The van der Waals surface area contributed by atoms with E-state index in [1.807, 2.05) is 48.5 Å². The summed E-state index contributed by atoms with van der Waals surface area (Å²) in [6, 6.07) is 21.8. The first-order valence-electron chi connectivity index (χ1n) is 9.03. The van der Waals surface area contributed by atoms with E-state index in [0.717, 1.165) is 33.2 Å². The van der Waals surface area contributed by atoms with Gasteiger partial charge < -0.3 is 15.7 Å². The van der Waals surface area contributed by atoms with Crippen LogP contribution in [0.15, 0.2) is 66.7 Å². The smallest absolute Gasteiger partial charge is 0.315 e. The molecule has 5 heteroatoms. The van der Waals surface area contributed by atoms with E-state index in [4.69, 9.17) is 0 Å². The quantitative estimate of drug-likeness (QED) is 0.648. The van der Waals surface area contributed by atoms with Crippen LogP contribution in [0.5, 0.6) is 0 Å². The van der Waals surface area contributed by atoms with Crippen LogP contribution in [-0.4, -0.2) is 23.4 Å². The predicted octanol–water partition coefficient (Wildman–Crippen LogP) is 3.77. The molecule has 0 saturated heterocycles. The third kappa shape index (κ3) is 3.80. The number of hydrogen-bond acceptors (Lipinski definition) is 3. The van der Waals surface area contributed by atoms with Gasteiger partial charge in [0.2, 0.25) is 0 Å². The topological polar surface area (TPSA) is 61.4 Å². The Morgan fingerprint density at radius 3 is 2.70 bits per heavy atom. The Hall–Kier alpha value is -2.50. The summed E-state index contributed by atoms with van der Waals surface area (Å²) in [7, 11) is 0. The maximum atomic E-state index is 12.3. The minimum atomic E-state index is -1.03. The summed E-state index contributed by atoms with van der Waals surface area (Å²) in [5.41, 5.74) is 2.09. The van der Waals surface area contributed by atoms with Gasteiger partial charge in [0.05, 0.1) is 6.54 Å². The second-order valence-electron chi connectivity index (χ2n) is 6.86. The highest BCUT2D eigenvalue weighted by molar-refractivity contribution is 7.98. The van der Waals surface area contributed by atoms with Gasteiger partial charge in [-0.1, -0.05) is 66.7 Å². The molecule has 0 spiro atoms. The highest BCUT2D eigenvalue weighted by Crippen LogP contribution is 2.35. The highest BCUT2D eigenvalue weighted by atomic mass is 32.2. The molecule has 3 aromatic carbocycles. The summed E-state index contributed by atoms with van der Waals surface area (Å²) in [4.78, 5) is 12.3. The normalized spacial score (nSPS) is 18.7. The molecule has 4 rings (SSSR count). The average molecular weight is 378 g/mol. The molecule has 138 valence electrons. The summed E-state index contributed by atoms with van der Waals surface area (Å²) >= 11 is 1.69. The lowest BCUT2D eigenvalue weighted by atomic mass is 9.91. The van der Waals surface area contributed by atoms with E-state index in [2.05, 4.69) is 28.8 Å². The summed E-state index contributed by atoms with van der Waals surface area (Å²) in [5.74, 6) is 1.47. The Kier molecular flexibility index (Phi) is 5.05. The number of amides is 2. The Morgan fingerprint density at radius 1 is 1.00 bits per heavy atom. The first-order chi connectivity index (χ1) is 13.2. The zero-order valence-electron chi connectivity index (χ0n) is 14.9. The Bertz CT molecular complexity index is 970. The number of rotatable bonds is 4. The highest BCUT2D eigenvalue weighted by Gasteiger charge is 2.34. The number of aliphatic hydroxyl groups is 1. The molecule has 1 aliphatic rings. The lowest BCUT2D eigenvalue weighted by Gasteiger charge is -2.34. The molecule has 1 aliphatic heterocycles. The number of hydrogen-bond donors (Lipinski definition) is 3. The molecule has 4 nitrogen and oxygen atoms in total. The van der Waals surface area contributed by atoms with Gasteiger partial charge in [-0.3, -0.25) is 0 Å². The molecular formula is C22H22N2O2S. The van der Waals surface area contributed by atoms with Crippen molar-refractivity contribution >= 4 is 28.6 Å². The summed E-state index contributed by atoms with van der Waals surface area (Å²) in [6.07, 6.45) is 0. The van der Waals surface area contributed by atoms with Crippen molar-refractivity contribution in [1.29, 1.82) is 0 Å². The van der Waals surface area contributed by atoms with E-state index >= 15 is 0 Å². The number of carbonyl (C=O) groups excluding carboxylic acids is 1. The zero-order chi connectivity index (χ0) is 18.7. The predicted molar refractivity (Wildman–Crippen MR) is 111 cm³/mol. The third-order valence-corrected chi connectivity index (χ3v) is 6.17. The molecule has 0 radical (unpaired) electrons. The van der Waals surface area contributed by atoms with Crippen LogP contribution in [0.1, 0.15) is 16.7 Å². The molecule has 0 fully saturated rings. The van der Waals surface area contributed by atoms with Crippen molar-refractivity contribution in [3.63, 3.8) is 0 Å². The van der Waals surface area contributed by atoms with Crippen molar-refractivity contribution in [2.24, 2.45) is 0 Å². The van der Waals surface area contributed by atoms with Crippen LogP contribution >= 0.6 is 11.8 Å². The molecule has 0 aliphatic carbocycles. The van der Waals surface area contributed by atoms with Gasteiger partial charge in [-0.25, -0.2) is 4.79 Å². The van der Waals surface area contributed by atoms with E-state index in [1.54, 1.807) is 11.8 Å². The maximum Gasteiger partial charge on any atom is 0.315 e. The maximum absolute atomic E-state index is 12.3. The lowest BCUT2D eigenvalue weighted by molar-refractivity contribution is 0.0625.